The molecule has 27 heavy (non-hydrogen) atoms. The number of benzene rings is 2. The molecule has 0 saturated carbocycles. The Morgan fingerprint density at radius 1 is 0.963 bits per heavy atom. The van der Waals surface area contributed by atoms with Crippen LogP contribution in [-0.4, -0.2) is 25.0 Å². The van der Waals surface area contributed by atoms with Crippen molar-refractivity contribution in [2.75, 3.05) is 7.11 Å². The monoisotopic (exact) mass is 365 g/mol. The molecular formula is C22H23NO4. The van der Waals surface area contributed by atoms with Crippen LogP contribution in [0.25, 0.3) is 0 Å². The lowest BCUT2D eigenvalue weighted by Crippen LogP contribution is -2.30. The summed E-state index contributed by atoms with van der Waals surface area (Å²) in [6.45, 7) is 1.38. The van der Waals surface area contributed by atoms with Gasteiger partial charge in [0.25, 0.3) is 0 Å². The van der Waals surface area contributed by atoms with Crippen LogP contribution < -0.4 is 14.8 Å². The first-order chi connectivity index (χ1) is 13.0. The molecule has 0 aliphatic carbocycles. The van der Waals surface area contributed by atoms with Crippen LogP contribution in [0.2, 0.25) is 0 Å². The summed E-state index contributed by atoms with van der Waals surface area (Å²) >= 11 is 0. The Kier molecular flexibility index (Phi) is 5.91. The molecule has 5 heteroatoms. The lowest BCUT2D eigenvalue weighted by atomic mass is 9.95. The average Bonchev–Trinajstić information content (AvgIpc) is 3.00. The standard InChI is InChI=1S/C22H23NO4/c1-15(24)27-20-11-4-16(5-12-20)3-8-18-14-22(25)23-21(18)13-17-6-9-19(26-2)10-7-17/h4-7,9-12,14,21H,3,8,13H2,1-2H3,(H,23,25)/t21-/m0/s1. The molecule has 0 aromatic heterocycles. The largest absolute Gasteiger partial charge is 0.497 e. The minimum atomic E-state index is -0.329. The Morgan fingerprint density at radius 3 is 2.22 bits per heavy atom. The fourth-order valence-corrected chi connectivity index (χ4v) is 3.18. The van der Waals surface area contributed by atoms with Crippen molar-refractivity contribution in [1.82, 2.24) is 5.32 Å². The molecule has 140 valence electrons. The molecule has 1 aliphatic rings. The van der Waals surface area contributed by atoms with Crippen molar-refractivity contribution in [3.05, 3.63) is 71.3 Å². The molecule has 0 spiro atoms. The van der Waals surface area contributed by atoms with Crippen molar-refractivity contribution in [3.63, 3.8) is 0 Å². The number of hydrogen-bond acceptors (Lipinski definition) is 4. The molecule has 0 bridgehead atoms. The summed E-state index contributed by atoms with van der Waals surface area (Å²) in [6, 6.07) is 15.4. The number of aryl methyl sites for hydroxylation is 1. The molecule has 1 heterocycles. The average molecular weight is 365 g/mol. The van der Waals surface area contributed by atoms with E-state index in [1.165, 1.54) is 6.92 Å². The Bertz CT molecular complexity index is 838. The van der Waals surface area contributed by atoms with Crippen LogP contribution in [0.1, 0.15) is 24.5 Å². The minimum absolute atomic E-state index is 0.0196. The van der Waals surface area contributed by atoms with E-state index in [4.69, 9.17) is 9.47 Å². The number of ether oxygens (including phenoxy) is 2. The highest BCUT2D eigenvalue weighted by atomic mass is 16.5. The first-order valence-corrected chi connectivity index (χ1v) is 8.95. The van der Waals surface area contributed by atoms with Gasteiger partial charge >= 0.3 is 5.97 Å². The van der Waals surface area contributed by atoms with Crippen molar-refractivity contribution in [1.29, 1.82) is 0 Å². The summed E-state index contributed by atoms with van der Waals surface area (Å²) in [5.74, 6) is 1.00. The van der Waals surface area contributed by atoms with Gasteiger partial charge in [-0.15, -0.1) is 0 Å². The van der Waals surface area contributed by atoms with Crippen LogP contribution in [0, 0.1) is 0 Å². The maximum absolute atomic E-state index is 11.9. The number of carbonyl (C=O) groups excluding carboxylic acids is 2. The van der Waals surface area contributed by atoms with Crippen LogP contribution in [0.5, 0.6) is 11.5 Å². The third-order valence-corrected chi connectivity index (χ3v) is 4.57. The zero-order valence-corrected chi connectivity index (χ0v) is 15.5. The van der Waals surface area contributed by atoms with Crippen molar-refractivity contribution in [2.45, 2.75) is 32.2 Å². The van der Waals surface area contributed by atoms with E-state index in [0.717, 1.165) is 41.7 Å². The van der Waals surface area contributed by atoms with Crippen LogP contribution in [-0.2, 0) is 22.4 Å². The Labute approximate surface area is 159 Å². The summed E-state index contributed by atoms with van der Waals surface area (Å²) in [4.78, 5) is 22.8. The number of amides is 1. The van der Waals surface area contributed by atoms with Gasteiger partial charge in [-0.2, -0.15) is 0 Å². The van der Waals surface area contributed by atoms with Gasteiger partial charge in [-0.3, -0.25) is 9.59 Å². The summed E-state index contributed by atoms with van der Waals surface area (Å²) < 4.78 is 10.2. The highest BCUT2D eigenvalue weighted by molar-refractivity contribution is 5.91. The second-order valence-electron chi connectivity index (χ2n) is 6.57. The lowest BCUT2D eigenvalue weighted by molar-refractivity contribution is -0.131. The van der Waals surface area contributed by atoms with Gasteiger partial charge in [0.05, 0.1) is 13.2 Å². The van der Waals surface area contributed by atoms with Gasteiger partial charge in [-0.05, 0) is 60.2 Å². The Balaban J connectivity index is 1.59. The summed E-state index contributed by atoms with van der Waals surface area (Å²) in [5, 5.41) is 3.03. The van der Waals surface area contributed by atoms with E-state index in [1.807, 2.05) is 36.4 Å². The quantitative estimate of drug-likeness (QED) is 0.604. The molecule has 2 aromatic rings. The number of carbonyl (C=O) groups is 2. The fraction of sp³-hybridized carbons (Fsp3) is 0.273. The van der Waals surface area contributed by atoms with Crippen LogP contribution in [0.4, 0.5) is 0 Å². The molecule has 0 saturated heterocycles. The van der Waals surface area contributed by atoms with E-state index in [2.05, 4.69) is 5.32 Å². The molecule has 1 atom stereocenters. The van der Waals surface area contributed by atoms with Crippen molar-refractivity contribution < 1.29 is 19.1 Å². The van der Waals surface area contributed by atoms with Gasteiger partial charge in [0.1, 0.15) is 11.5 Å². The Morgan fingerprint density at radius 2 is 1.59 bits per heavy atom. The second-order valence-corrected chi connectivity index (χ2v) is 6.57. The van der Waals surface area contributed by atoms with Gasteiger partial charge < -0.3 is 14.8 Å². The minimum Gasteiger partial charge on any atom is -0.497 e. The molecule has 1 amide bonds. The first kappa shape index (κ1) is 18.7. The summed E-state index contributed by atoms with van der Waals surface area (Å²) in [6.07, 6.45) is 4.08. The normalized spacial score (nSPS) is 15.9. The summed E-state index contributed by atoms with van der Waals surface area (Å²) in [5.41, 5.74) is 3.40. The zero-order chi connectivity index (χ0) is 19.2. The maximum Gasteiger partial charge on any atom is 0.308 e. The second kappa shape index (κ2) is 8.54. The third kappa shape index (κ3) is 5.20. The van der Waals surface area contributed by atoms with E-state index in [0.29, 0.717) is 5.75 Å². The van der Waals surface area contributed by atoms with Gasteiger partial charge in [-0.1, -0.05) is 24.3 Å². The van der Waals surface area contributed by atoms with Crippen LogP contribution >= 0.6 is 0 Å². The van der Waals surface area contributed by atoms with Gasteiger partial charge in [-0.25, -0.2) is 0 Å². The van der Waals surface area contributed by atoms with E-state index in [1.54, 1.807) is 25.3 Å². The maximum atomic E-state index is 11.9. The zero-order valence-electron chi connectivity index (χ0n) is 15.5. The molecule has 1 aliphatic heterocycles. The molecule has 0 fully saturated rings. The fourth-order valence-electron chi connectivity index (χ4n) is 3.18. The first-order valence-electron chi connectivity index (χ1n) is 8.95. The van der Waals surface area contributed by atoms with Crippen molar-refractivity contribution in [3.8, 4) is 11.5 Å². The predicted molar refractivity (Wildman–Crippen MR) is 103 cm³/mol. The molecule has 1 N–H and O–H groups in total. The lowest BCUT2D eigenvalue weighted by Gasteiger charge is -2.16. The topological polar surface area (TPSA) is 64.6 Å². The number of rotatable bonds is 7. The number of esters is 1. The smallest absolute Gasteiger partial charge is 0.308 e. The van der Waals surface area contributed by atoms with Crippen LogP contribution in [0.15, 0.2) is 60.2 Å². The predicted octanol–water partition coefficient (Wildman–Crippen LogP) is 3.22. The highest BCUT2D eigenvalue weighted by Gasteiger charge is 2.23. The highest BCUT2D eigenvalue weighted by Crippen LogP contribution is 2.22. The Hall–Kier alpha value is -3.08. The third-order valence-electron chi connectivity index (χ3n) is 4.57. The van der Waals surface area contributed by atoms with E-state index in [9.17, 15) is 9.59 Å². The molecule has 5 nitrogen and oxygen atoms in total. The van der Waals surface area contributed by atoms with E-state index >= 15 is 0 Å². The van der Waals surface area contributed by atoms with Gasteiger partial charge in [0, 0.05) is 13.0 Å². The number of hydrogen-bond donors (Lipinski definition) is 1. The van der Waals surface area contributed by atoms with Crippen LogP contribution in [0.3, 0.4) is 0 Å². The van der Waals surface area contributed by atoms with E-state index in [-0.39, 0.29) is 17.9 Å². The SMILES string of the molecule is COc1ccc(C[C@@H]2NC(=O)C=C2CCc2ccc(OC(C)=O)cc2)cc1. The number of nitrogens with one attached hydrogen (secondary N) is 1. The number of methoxy groups -OCH3 is 1. The molecule has 2 aromatic carbocycles. The molecule has 0 radical (unpaired) electrons. The molecular weight excluding hydrogens is 342 g/mol. The van der Waals surface area contributed by atoms with Gasteiger partial charge in [0.2, 0.25) is 5.91 Å². The van der Waals surface area contributed by atoms with E-state index < -0.39 is 0 Å². The molecule has 0 unspecified atom stereocenters. The van der Waals surface area contributed by atoms with Crippen molar-refractivity contribution >= 4 is 11.9 Å². The van der Waals surface area contributed by atoms with Gasteiger partial charge in [0.15, 0.2) is 0 Å². The summed E-state index contributed by atoms with van der Waals surface area (Å²) in [7, 11) is 1.64. The van der Waals surface area contributed by atoms with Crippen molar-refractivity contribution in [2.24, 2.45) is 0 Å². The molecule has 3 rings (SSSR count).